The van der Waals surface area contributed by atoms with Crippen molar-refractivity contribution in [2.24, 2.45) is 0 Å². The van der Waals surface area contributed by atoms with Crippen molar-refractivity contribution in [2.75, 3.05) is 6.61 Å². The lowest BCUT2D eigenvalue weighted by Crippen LogP contribution is -2.39. The number of benzene rings is 2. The molecule has 0 spiro atoms. The van der Waals surface area contributed by atoms with Crippen LogP contribution in [-0.2, 0) is 21.6 Å². The summed E-state index contributed by atoms with van der Waals surface area (Å²) in [6, 6.07) is 17.7. The van der Waals surface area contributed by atoms with Crippen molar-refractivity contribution in [1.29, 1.82) is 0 Å². The van der Waals surface area contributed by atoms with Crippen LogP contribution in [0.15, 0.2) is 54.6 Å². The number of carbonyl (C=O) groups is 1. The summed E-state index contributed by atoms with van der Waals surface area (Å²) in [6.45, 7) is 0.949. The second kappa shape index (κ2) is 5.10. The van der Waals surface area contributed by atoms with E-state index in [0.717, 1.165) is 16.7 Å². The lowest BCUT2D eigenvalue weighted by Gasteiger charge is -2.38. The van der Waals surface area contributed by atoms with E-state index in [1.165, 1.54) is 0 Å². The van der Waals surface area contributed by atoms with Gasteiger partial charge in [-0.3, -0.25) is 4.79 Å². The number of rotatable bonds is 3. The Labute approximate surface area is 117 Å². The smallest absolute Gasteiger partial charge is 0.304 e. The predicted molar refractivity (Wildman–Crippen MR) is 75.6 cm³/mol. The third-order valence-corrected chi connectivity index (χ3v) is 3.92. The van der Waals surface area contributed by atoms with E-state index in [-0.39, 0.29) is 6.42 Å². The minimum atomic E-state index is -0.811. The van der Waals surface area contributed by atoms with Gasteiger partial charge >= 0.3 is 5.97 Å². The molecule has 1 N–H and O–H groups in total. The summed E-state index contributed by atoms with van der Waals surface area (Å²) in [4.78, 5) is 11.4. The zero-order chi connectivity index (χ0) is 14.0. The van der Waals surface area contributed by atoms with Crippen molar-refractivity contribution in [2.45, 2.75) is 18.4 Å². The molecule has 2 aromatic carbocycles. The highest BCUT2D eigenvalue weighted by Gasteiger charge is 2.40. The molecule has 1 aliphatic heterocycles. The van der Waals surface area contributed by atoms with Crippen LogP contribution in [0.3, 0.4) is 0 Å². The van der Waals surface area contributed by atoms with Crippen LogP contribution in [0.1, 0.15) is 23.1 Å². The third kappa shape index (κ3) is 2.10. The molecule has 0 fully saturated rings. The Hall–Kier alpha value is -2.13. The fourth-order valence-corrected chi connectivity index (χ4v) is 3.03. The van der Waals surface area contributed by atoms with Crippen LogP contribution in [0.2, 0.25) is 0 Å². The van der Waals surface area contributed by atoms with Crippen LogP contribution < -0.4 is 0 Å². The van der Waals surface area contributed by atoms with E-state index >= 15 is 0 Å². The van der Waals surface area contributed by atoms with Crippen LogP contribution >= 0.6 is 0 Å². The van der Waals surface area contributed by atoms with Gasteiger partial charge in [0.1, 0.15) is 0 Å². The Kier molecular flexibility index (Phi) is 3.28. The molecule has 1 unspecified atom stereocenters. The first-order chi connectivity index (χ1) is 9.72. The van der Waals surface area contributed by atoms with E-state index in [4.69, 9.17) is 4.74 Å². The van der Waals surface area contributed by atoms with Crippen LogP contribution in [0.5, 0.6) is 0 Å². The normalized spacial score (nSPS) is 21.2. The number of carboxylic acids is 1. The standard InChI is InChI=1S/C17H16O3/c18-16(19)10-17(14-7-2-1-3-8-14)12-20-11-13-6-4-5-9-15(13)17/h1-9H,10-12H2,(H,18,19). The van der Waals surface area contributed by atoms with E-state index in [1.807, 2.05) is 54.6 Å². The van der Waals surface area contributed by atoms with Gasteiger partial charge in [-0.2, -0.15) is 0 Å². The third-order valence-electron chi connectivity index (χ3n) is 3.92. The Balaban J connectivity index is 2.20. The van der Waals surface area contributed by atoms with Gasteiger partial charge in [0.05, 0.1) is 25.0 Å². The van der Waals surface area contributed by atoms with Gasteiger partial charge in [-0.05, 0) is 16.7 Å². The number of aliphatic carboxylic acids is 1. The largest absolute Gasteiger partial charge is 0.481 e. The SMILES string of the molecule is O=C(O)CC1(c2ccccc2)COCc2ccccc21. The number of ether oxygens (including phenoxy) is 1. The number of fused-ring (bicyclic) bond motifs is 1. The fraction of sp³-hybridized carbons (Fsp3) is 0.235. The molecule has 0 radical (unpaired) electrons. The van der Waals surface area contributed by atoms with E-state index < -0.39 is 11.4 Å². The zero-order valence-corrected chi connectivity index (χ0v) is 11.1. The first-order valence-corrected chi connectivity index (χ1v) is 6.66. The first kappa shape index (κ1) is 12.9. The molecular weight excluding hydrogens is 252 g/mol. The quantitative estimate of drug-likeness (QED) is 0.931. The average Bonchev–Trinajstić information content (AvgIpc) is 2.48. The zero-order valence-electron chi connectivity index (χ0n) is 11.1. The summed E-state index contributed by atoms with van der Waals surface area (Å²) in [7, 11) is 0. The molecule has 0 saturated heterocycles. The Morgan fingerprint density at radius 1 is 1.10 bits per heavy atom. The number of hydrogen-bond donors (Lipinski definition) is 1. The molecule has 1 aliphatic rings. The molecule has 20 heavy (non-hydrogen) atoms. The summed E-state index contributed by atoms with van der Waals surface area (Å²) in [5.74, 6) is -0.811. The maximum absolute atomic E-state index is 11.4. The summed E-state index contributed by atoms with van der Waals surface area (Å²) in [6.07, 6.45) is 0.0357. The van der Waals surface area contributed by atoms with Gasteiger partial charge in [-0.1, -0.05) is 54.6 Å². The number of carboxylic acid groups (broad SMARTS) is 1. The van der Waals surface area contributed by atoms with Gasteiger partial charge in [0.2, 0.25) is 0 Å². The van der Waals surface area contributed by atoms with E-state index in [1.54, 1.807) is 0 Å². The first-order valence-electron chi connectivity index (χ1n) is 6.66. The highest BCUT2D eigenvalue weighted by Crippen LogP contribution is 2.41. The maximum atomic E-state index is 11.4. The highest BCUT2D eigenvalue weighted by molar-refractivity contribution is 5.71. The molecule has 3 rings (SSSR count). The molecule has 0 saturated carbocycles. The van der Waals surface area contributed by atoms with E-state index in [2.05, 4.69) is 0 Å². The molecule has 1 heterocycles. The minimum Gasteiger partial charge on any atom is -0.481 e. The molecule has 0 aromatic heterocycles. The van der Waals surface area contributed by atoms with Crippen molar-refractivity contribution in [3.63, 3.8) is 0 Å². The van der Waals surface area contributed by atoms with Gasteiger partial charge in [0.15, 0.2) is 0 Å². The molecular formula is C17H16O3. The van der Waals surface area contributed by atoms with Gasteiger partial charge in [0.25, 0.3) is 0 Å². The van der Waals surface area contributed by atoms with Crippen LogP contribution in [0, 0.1) is 0 Å². The molecule has 3 heteroatoms. The van der Waals surface area contributed by atoms with Crippen molar-refractivity contribution >= 4 is 5.97 Å². The Morgan fingerprint density at radius 3 is 2.55 bits per heavy atom. The molecule has 2 aromatic rings. The lowest BCUT2D eigenvalue weighted by molar-refractivity contribution is -0.139. The summed E-state index contributed by atoms with van der Waals surface area (Å²) < 4.78 is 5.70. The molecule has 0 aliphatic carbocycles. The minimum absolute atomic E-state index is 0.0357. The van der Waals surface area contributed by atoms with Gasteiger partial charge < -0.3 is 9.84 Å². The summed E-state index contributed by atoms with van der Waals surface area (Å²) in [5, 5.41) is 9.36. The second-order valence-corrected chi connectivity index (χ2v) is 5.17. The summed E-state index contributed by atoms with van der Waals surface area (Å²) >= 11 is 0. The topological polar surface area (TPSA) is 46.5 Å². The Morgan fingerprint density at radius 2 is 1.80 bits per heavy atom. The van der Waals surface area contributed by atoms with E-state index in [9.17, 15) is 9.90 Å². The van der Waals surface area contributed by atoms with Gasteiger partial charge in [0, 0.05) is 0 Å². The number of hydrogen-bond acceptors (Lipinski definition) is 2. The fourth-order valence-electron chi connectivity index (χ4n) is 3.03. The van der Waals surface area contributed by atoms with Crippen molar-refractivity contribution in [1.82, 2.24) is 0 Å². The summed E-state index contributed by atoms with van der Waals surface area (Å²) in [5.41, 5.74) is 2.54. The lowest BCUT2D eigenvalue weighted by atomic mass is 9.70. The molecule has 3 nitrogen and oxygen atoms in total. The van der Waals surface area contributed by atoms with Crippen molar-refractivity contribution < 1.29 is 14.6 Å². The Bertz CT molecular complexity index is 621. The maximum Gasteiger partial charge on any atom is 0.304 e. The van der Waals surface area contributed by atoms with E-state index in [0.29, 0.717) is 13.2 Å². The second-order valence-electron chi connectivity index (χ2n) is 5.17. The van der Waals surface area contributed by atoms with Gasteiger partial charge in [-0.15, -0.1) is 0 Å². The van der Waals surface area contributed by atoms with Crippen molar-refractivity contribution in [3.8, 4) is 0 Å². The van der Waals surface area contributed by atoms with Crippen LogP contribution in [0.4, 0.5) is 0 Å². The molecule has 0 bridgehead atoms. The highest BCUT2D eigenvalue weighted by atomic mass is 16.5. The van der Waals surface area contributed by atoms with Gasteiger partial charge in [-0.25, -0.2) is 0 Å². The van der Waals surface area contributed by atoms with Crippen LogP contribution in [-0.4, -0.2) is 17.7 Å². The molecule has 1 atom stereocenters. The predicted octanol–water partition coefficient (Wildman–Crippen LogP) is 2.98. The average molecular weight is 268 g/mol. The van der Waals surface area contributed by atoms with Crippen LogP contribution in [0.25, 0.3) is 0 Å². The molecule has 0 amide bonds. The molecule has 102 valence electrons. The monoisotopic (exact) mass is 268 g/mol. The van der Waals surface area contributed by atoms with Crippen molar-refractivity contribution in [3.05, 3.63) is 71.3 Å².